The number of hydrogen-bond donors (Lipinski definition) is 1. The third kappa shape index (κ3) is 3.91. The largest absolute Gasteiger partial charge is 0.330 e. The lowest BCUT2D eigenvalue weighted by atomic mass is 10.2. The molecule has 1 unspecified atom stereocenters. The molecular formula is C11H16ClNS. The van der Waals surface area contributed by atoms with Crippen molar-refractivity contribution >= 4 is 23.4 Å². The van der Waals surface area contributed by atoms with Crippen LogP contribution in [0.4, 0.5) is 0 Å². The summed E-state index contributed by atoms with van der Waals surface area (Å²) >= 11 is 7.95. The molecule has 0 aromatic heterocycles. The number of nitrogens with two attached hydrogens (primary N) is 1. The topological polar surface area (TPSA) is 26.0 Å². The summed E-state index contributed by atoms with van der Waals surface area (Å²) in [5.74, 6) is 0.973. The Hall–Kier alpha value is -0.180. The summed E-state index contributed by atoms with van der Waals surface area (Å²) in [6.45, 7) is 2.96. The van der Waals surface area contributed by atoms with Crippen LogP contribution in [0.1, 0.15) is 18.9 Å². The van der Waals surface area contributed by atoms with Gasteiger partial charge in [-0.15, -0.1) is 0 Å². The molecule has 3 heteroatoms. The van der Waals surface area contributed by atoms with Gasteiger partial charge in [0.15, 0.2) is 0 Å². The van der Waals surface area contributed by atoms with Gasteiger partial charge in [0.05, 0.1) is 0 Å². The highest BCUT2D eigenvalue weighted by Gasteiger charge is 2.03. The van der Waals surface area contributed by atoms with Gasteiger partial charge in [-0.25, -0.2) is 0 Å². The van der Waals surface area contributed by atoms with Gasteiger partial charge in [0.25, 0.3) is 0 Å². The quantitative estimate of drug-likeness (QED) is 0.839. The van der Waals surface area contributed by atoms with Crippen LogP contribution in [0.2, 0.25) is 5.02 Å². The number of thioether (sulfide) groups is 1. The Morgan fingerprint density at radius 2 is 2.14 bits per heavy atom. The molecule has 78 valence electrons. The molecule has 0 radical (unpaired) electrons. The monoisotopic (exact) mass is 229 g/mol. The number of rotatable bonds is 5. The van der Waals surface area contributed by atoms with E-state index in [-0.39, 0.29) is 0 Å². The van der Waals surface area contributed by atoms with E-state index >= 15 is 0 Å². The van der Waals surface area contributed by atoms with Crippen molar-refractivity contribution in [2.75, 3.05) is 6.54 Å². The first-order chi connectivity index (χ1) is 6.74. The maximum absolute atomic E-state index is 6.05. The van der Waals surface area contributed by atoms with Crippen LogP contribution < -0.4 is 5.73 Å². The van der Waals surface area contributed by atoms with Crippen molar-refractivity contribution in [1.29, 1.82) is 0 Å². The standard InChI is InChI=1S/C11H16ClNS/c1-9(6-7-13)14-8-10-4-2-3-5-11(10)12/h2-5,9H,6-8,13H2,1H3. The number of benzene rings is 1. The molecule has 0 amide bonds. The van der Waals surface area contributed by atoms with Crippen LogP contribution in [0.25, 0.3) is 0 Å². The van der Waals surface area contributed by atoms with Gasteiger partial charge in [-0.3, -0.25) is 0 Å². The summed E-state index contributed by atoms with van der Waals surface area (Å²) in [5.41, 5.74) is 6.70. The van der Waals surface area contributed by atoms with Crippen LogP contribution >= 0.6 is 23.4 Å². The molecule has 0 saturated heterocycles. The van der Waals surface area contributed by atoms with E-state index in [4.69, 9.17) is 17.3 Å². The van der Waals surface area contributed by atoms with E-state index in [0.717, 1.165) is 23.7 Å². The average molecular weight is 230 g/mol. The lowest BCUT2D eigenvalue weighted by molar-refractivity contribution is 0.823. The average Bonchev–Trinajstić information content (AvgIpc) is 2.17. The maximum atomic E-state index is 6.05. The molecule has 0 heterocycles. The van der Waals surface area contributed by atoms with Crippen LogP contribution in [0.5, 0.6) is 0 Å². The van der Waals surface area contributed by atoms with Crippen LogP contribution in [0.15, 0.2) is 24.3 Å². The van der Waals surface area contributed by atoms with Gasteiger partial charge < -0.3 is 5.73 Å². The molecule has 1 aromatic rings. The zero-order chi connectivity index (χ0) is 10.4. The van der Waals surface area contributed by atoms with Crippen LogP contribution in [-0.4, -0.2) is 11.8 Å². The van der Waals surface area contributed by atoms with Crippen molar-refractivity contribution in [3.05, 3.63) is 34.9 Å². The van der Waals surface area contributed by atoms with E-state index in [1.807, 2.05) is 30.0 Å². The molecule has 1 rings (SSSR count). The molecule has 0 aliphatic heterocycles. The highest BCUT2D eigenvalue weighted by molar-refractivity contribution is 7.99. The second-order valence-corrected chi connectivity index (χ2v) is 5.12. The Morgan fingerprint density at radius 3 is 2.79 bits per heavy atom. The van der Waals surface area contributed by atoms with Crippen molar-refractivity contribution < 1.29 is 0 Å². The summed E-state index contributed by atoms with van der Waals surface area (Å²) in [6, 6.07) is 7.99. The molecule has 0 bridgehead atoms. The highest BCUT2D eigenvalue weighted by atomic mass is 35.5. The van der Waals surface area contributed by atoms with Gasteiger partial charge in [-0.2, -0.15) is 11.8 Å². The zero-order valence-electron chi connectivity index (χ0n) is 8.37. The Balaban J connectivity index is 2.41. The van der Waals surface area contributed by atoms with Gasteiger partial charge in [0.1, 0.15) is 0 Å². The smallest absolute Gasteiger partial charge is 0.0446 e. The van der Waals surface area contributed by atoms with Crippen LogP contribution in [0, 0.1) is 0 Å². The number of hydrogen-bond acceptors (Lipinski definition) is 2. The summed E-state index contributed by atoms with van der Waals surface area (Å²) < 4.78 is 0. The highest BCUT2D eigenvalue weighted by Crippen LogP contribution is 2.24. The SMILES string of the molecule is CC(CCN)SCc1ccccc1Cl. The van der Waals surface area contributed by atoms with Gasteiger partial charge in [0, 0.05) is 16.0 Å². The lowest BCUT2D eigenvalue weighted by Gasteiger charge is -2.10. The molecule has 0 aliphatic carbocycles. The van der Waals surface area contributed by atoms with Gasteiger partial charge in [-0.05, 0) is 24.6 Å². The summed E-state index contributed by atoms with van der Waals surface area (Å²) in [4.78, 5) is 0. The first-order valence-electron chi connectivity index (χ1n) is 4.79. The van der Waals surface area contributed by atoms with E-state index in [0.29, 0.717) is 5.25 Å². The fourth-order valence-electron chi connectivity index (χ4n) is 1.17. The van der Waals surface area contributed by atoms with Crippen LogP contribution in [0.3, 0.4) is 0 Å². The molecule has 1 nitrogen and oxygen atoms in total. The fraction of sp³-hybridized carbons (Fsp3) is 0.455. The van der Waals surface area contributed by atoms with Gasteiger partial charge in [0.2, 0.25) is 0 Å². The second kappa shape index (κ2) is 6.33. The first-order valence-corrected chi connectivity index (χ1v) is 6.21. The Morgan fingerprint density at radius 1 is 1.43 bits per heavy atom. The normalized spacial score (nSPS) is 12.8. The summed E-state index contributed by atoms with van der Waals surface area (Å²) in [7, 11) is 0. The zero-order valence-corrected chi connectivity index (χ0v) is 9.94. The Bertz CT molecular complexity index is 278. The van der Waals surface area contributed by atoms with E-state index < -0.39 is 0 Å². The third-order valence-corrected chi connectivity index (χ3v) is 3.71. The van der Waals surface area contributed by atoms with Gasteiger partial charge >= 0.3 is 0 Å². The fourth-order valence-corrected chi connectivity index (χ4v) is 2.47. The molecule has 0 aliphatic rings. The lowest BCUT2D eigenvalue weighted by Crippen LogP contribution is -2.07. The first kappa shape index (κ1) is 11.9. The van der Waals surface area contributed by atoms with Crippen molar-refractivity contribution in [2.45, 2.75) is 24.3 Å². The molecule has 1 atom stereocenters. The Labute approximate surface area is 95.0 Å². The predicted molar refractivity (Wildman–Crippen MR) is 65.9 cm³/mol. The van der Waals surface area contributed by atoms with E-state index in [1.54, 1.807) is 0 Å². The molecule has 1 aromatic carbocycles. The van der Waals surface area contributed by atoms with Crippen molar-refractivity contribution in [1.82, 2.24) is 0 Å². The molecule has 2 N–H and O–H groups in total. The minimum absolute atomic E-state index is 0.608. The minimum atomic E-state index is 0.608. The maximum Gasteiger partial charge on any atom is 0.0446 e. The van der Waals surface area contributed by atoms with Crippen LogP contribution in [-0.2, 0) is 5.75 Å². The Kier molecular flexibility index (Phi) is 5.38. The second-order valence-electron chi connectivity index (χ2n) is 3.29. The summed E-state index contributed by atoms with van der Waals surface area (Å²) in [5, 5.41) is 1.47. The minimum Gasteiger partial charge on any atom is -0.330 e. The number of halogens is 1. The summed E-state index contributed by atoms with van der Waals surface area (Å²) in [6.07, 6.45) is 1.06. The van der Waals surface area contributed by atoms with E-state index in [9.17, 15) is 0 Å². The molecule has 0 spiro atoms. The van der Waals surface area contributed by atoms with Crippen molar-refractivity contribution in [3.8, 4) is 0 Å². The van der Waals surface area contributed by atoms with Crippen molar-refractivity contribution in [2.24, 2.45) is 5.73 Å². The molecule has 0 fully saturated rings. The van der Waals surface area contributed by atoms with E-state index in [1.165, 1.54) is 5.56 Å². The molecular weight excluding hydrogens is 214 g/mol. The molecule has 14 heavy (non-hydrogen) atoms. The van der Waals surface area contributed by atoms with Crippen molar-refractivity contribution in [3.63, 3.8) is 0 Å². The predicted octanol–water partition coefficient (Wildman–Crippen LogP) is 3.31. The van der Waals surface area contributed by atoms with E-state index in [2.05, 4.69) is 13.0 Å². The molecule has 0 saturated carbocycles. The third-order valence-electron chi connectivity index (χ3n) is 2.05. The van der Waals surface area contributed by atoms with Gasteiger partial charge in [-0.1, -0.05) is 36.7 Å².